The Morgan fingerprint density at radius 1 is 1.50 bits per heavy atom. The minimum Gasteiger partial charge on any atom is -0.459 e. The van der Waals surface area contributed by atoms with Crippen LogP contribution < -0.4 is 0 Å². The zero-order valence-electron chi connectivity index (χ0n) is 12.4. The van der Waals surface area contributed by atoms with E-state index in [4.69, 9.17) is 6.11 Å². The molecular weight excluding hydrogens is 274 g/mol. The Labute approximate surface area is 123 Å². The molecule has 3 rings (SSSR count). The van der Waals surface area contributed by atoms with Crippen molar-refractivity contribution in [2.75, 3.05) is 0 Å². The number of fused-ring (bicyclic) bond motifs is 1. The van der Waals surface area contributed by atoms with Crippen molar-refractivity contribution in [2.45, 2.75) is 43.0 Å². The minimum absolute atomic E-state index is 0.202. The highest BCUT2D eigenvalue weighted by Crippen LogP contribution is 2.50. The number of carbonyl (C=O) groups excluding carboxylic acids is 2. The molecule has 20 heavy (non-hydrogen) atoms. The maximum absolute atomic E-state index is 12.4. The summed E-state index contributed by atoms with van der Waals surface area (Å²) >= 11 is 1.50. The van der Waals surface area contributed by atoms with Gasteiger partial charge in [-0.1, -0.05) is 30.3 Å². The van der Waals surface area contributed by atoms with Crippen LogP contribution in [0.1, 0.15) is 27.2 Å². The normalized spacial score (nSPS) is 31.3. The van der Waals surface area contributed by atoms with E-state index in [9.17, 15) is 9.59 Å². The van der Waals surface area contributed by atoms with Crippen molar-refractivity contribution in [1.82, 2.24) is 4.90 Å². The van der Waals surface area contributed by atoms with Gasteiger partial charge in [-0.25, -0.2) is 4.79 Å². The molecule has 0 N–H and O–H groups in total. The molecule has 1 amide bonds. The summed E-state index contributed by atoms with van der Waals surface area (Å²) in [6, 6.07) is 8.85. The number of nitrogens with zero attached hydrogens (tertiary/aromatic N) is 1. The third-order valence-electron chi connectivity index (χ3n) is 3.62. The Morgan fingerprint density at radius 3 is 2.90 bits per heavy atom. The molecule has 2 aliphatic rings. The van der Waals surface area contributed by atoms with E-state index in [1.54, 1.807) is 0 Å². The summed E-state index contributed by atoms with van der Waals surface area (Å²) in [5.41, 5.74) is 0.916. The van der Waals surface area contributed by atoms with Gasteiger partial charge in [0.25, 0.3) is 0 Å². The number of rotatable bonds is 3. The summed E-state index contributed by atoms with van der Waals surface area (Å²) in [5.74, 6) is -0.668. The minimum atomic E-state index is -0.749. The first kappa shape index (κ1) is 12.3. The average molecular weight is 292 g/mol. The second kappa shape index (κ2) is 4.81. The van der Waals surface area contributed by atoms with Gasteiger partial charge in [0.15, 0.2) is 0 Å². The van der Waals surface area contributed by atoms with Gasteiger partial charge >= 0.3 is 5.97 Å². The first-order valence-electron chi connectivity index (χ1n) is 7.12. The second-order valence-electron chi connectivity index (χ2n) is 5.52. The zero-order valence-corrected chi connectivity index (χ0v) is 12.2. The van der Waals surface area contributed by atoms with Gasteiger partial charge in [0.1, 0.15) is 12.6 Å². The molecule has 3 atom stereocenters. The van der Waals surface area contributed by atoms with Crippen LogP contribution in [0.5, 0.6) is 0 Å². The Morgan fingerprint density at radius 2 is 2.20 bits per heavy atom. The molecule has 2 fully saturated rings. The number of amides is 1. The van der Waals surface area contributed by atoms with Gasteiger partial charge in [-0.05, 0) is 19.4 Å². The van der Waals surface area contributed by atoms with Gasteiger partial charge < -0.3 is 9.64 Å². The van der Waals surface area contributed by atoms with E-state index in [0.29, 0.717) is 0 Å². The largest absolute Gasteiger partial charge is 0.459 e. The highest BCUT2D eigenvalue weighted by atomic mass is 32.2. The number of benzene rings is 1. The van der Waals surface area contributed by atoms with E-state index in [2.05, 4.69) is 0 Å². The third kappa shape index (κ3) is 2.20. The Balaban J connectivity index is 1.70. The summed E-state index contributed by atoms with van der Waals surface area (Å²) < 4.78 is 12.7. The SMILES string of the molecule is [2H][C@H]1C(=O)N2[C@@H]1SC(C)(C)[C@@H]2C(=O)OCc1ccccc1. The topological polar surface area (TPSA) is 46.6 Å². The van der Waals surface area contributed by atoms with Crippen LogP contribution in [-0.2, 0) is 20.9 Å². The van der Waals surface area contributed by atoms with Crippen molar-refractivity contribution in [3.8, 4) is 0 Å². The highest BCUT2D eigenvalue weighted by Gasteiger charge is 2.59. The van der Waals surface area contributed by atoms with E-state index >= 15 is 0 Å². The molecule has 0 unspecified atom stereocenters. The second-order valence-corrected chi connectivity index (χ2v) is 7.29. The van der Waals surface area contributed by atoms with Crippen LogP contribution >= 0.6 is 11.8 Å². The Hall–Kier alpha value is -1.49. The first-order valence-corrected chi connectivity index (χ1v) is 7.42. The summed E-state index contributed by atoms with van der Waals surface area (Å²) in [5, 5.41) is -0.221. The van der Waals surface area contributed by atoms with Gasteiger partial charge in [-0.15, -0.1) is 11.8 Å². The summed E-state index contributed by atoms with van der Waals surface area (Å²) in [6.07, 6.45) is -0.749. The van der Waals surface area contributed by atoms with Gasteiger partial charge in [0.05, 0.1) is 11.8 Å². The molecule has 2 aliphatic heterocycles. The number of β-lactam (4-membered cyclic amide) rings is 1. The lowest BCUT2D eigenvalue weighted by Gasteiger charge is -2.37. The van der Waals surface area contributed by atoms with Crippen LogP contribution in [0.25, 0.3) is 0 Å². The van der Waals surface area contributed by atoms with Crippen molar-refractivity contribution in [2.24, 2.45) is 0 Å². The predicted molar refractivity (Wildman–Crippen MR) is 76.9 cm³/mol. The molecule has 0 aromatic heterocycles. The zero-order chi connectivity index (χ0) is 15.2. The van der Waals surface area contributed by atoms with Crippen molar-refractivity contribution >= 4 is 23.6 Å². The van der Waals surface area contributed by atoms with E-state index in [0.717, 1.165) is 5.56 Å². The van der Waals surface area contributed by atoms with E-state index in [1.165, 1.54) is 16.7 Å². The van der Waals surface area contributed by atoms with Gasteiger partial charge in [0, 0.05) is 6.12 Å². The molecule has 0 bridgehead atoms. The van der Waals surface area contributed by atoms with Gasteiger partial charge in [-0.2, -0.15) is 0 Å². The Kier molecular flexibility index (Phi) is 2.95. The molecule has 0 spiro atoms. The summed E-state index contributed by atoms with van der Waals surface area (Å²) in [6.45, 7) is 4.04. The van der Waals surface area contributed by atoms with Gasteiger partial charge in [0.2, 0.25) is 5.91 Å². The predicted octanol–water partition coefficient (Wildman–Crippen LogP) is 2.18. The number of esters is 1. The number of thioether (sulfide) groups is 1. The maximum atomic E-state index is 12.4. The molecule has 5 heteroatoms. The number of carbonyl (C=O) groups is 2. The Bertz CT molecular complexity index is 578. The third-order valence-corrected chi connectivity index (χ3v) is 5.06. The van der Waals surface area contributed by atoms with Gasteiger partial charge in [-0.3, -0.25) is 4.79 Å². The molecule has 0 aliphatic carbocycles. The fraction of sp³-hybridized carbons (Fsp3) is 0.467. The lowest BCUT2D eigenvalue weighted by molar-refractivity contribution is -0.162. The molecular formula is C15H17NO3S. The number of hydrogen-bond donors (Lipinski definition) is 0. The van der Waals surface area contributed by atoms with Crippen LogP contribution in [0.15, 0.2) is 30.3 Å². The number of ether oxygens (including phenoxy) is 1. The molecule has 0 saturated carbocycles. The fourth-order valence-electron chi connectivity index (χ4n) is 2.61. The standard InChI is InChI=1S/C15H17NO3S/c1-15(2)13(16-11(17)8-12(16)20-15)14(18)19-9-10-6-4-3-5-7-10/h3-7,12-13H,8-9H2,1-2H3/t12-,13+/m1/s1/i8D/t8-,12+,13-/m0. The molecule has 1 aromatic carbocycles. The fourth-order valence-corrected chi connectivity index (χ4v) is 4.10. The summed E-state index contributed by atoms with van der Waals surface area (Å²) in [4.78, 5) is 25.7. The van der Waals surface area contributed by atoms with Crippen LogP contribution in [-0.4, -0.2) is 32.9 Å². The van der Waals surface area contributed by atoms with Crippen LogP contribution in [0.4, 0.5) is 0 Å². The van der Waals surface area contributed by atoms with Crippen LogP contribution in [0.3, 0.4) is 0 Å². The maximum Gasteiger partial charge on any atom is 0.330 e. The molecule has 1 aromatic rings. The average Bonchev–Trinajstić information content (AvgIpc) is 2.74. The molecule has 2 heterocycles. The van der Waals surface area contributed by atoms with Crippen molar-refractivity contribution in [3.05, 3.63) is 35.9 Å². The van der Waals surface area contributed by atoms with E-state index < -0.39 is 17.2 Å². The van der Waals surface area contributed by atoms with Crippen molar-refractivity contribution in [3.63, 3.8) is 0 Å². The van der Waals surface area contributed by atoms with Crippen LogP contribution in [0, 0.1) is 0 Å². The molecule has 106 valence electrons. The molecule has 0 radical (unpaired) electrons. The lowest BCUT2D eigenvalue weighted by atomic mass is 9.98. The monoisotopic (exact) mass is 292 g/mol. The first-order chi connectivity index (χ1) is 9.92. The molecule has 4 nitrogen and oxygen atoms in total. The molecule has 2 saturated heterocycles. The van der Waals surface area contributed by atoms with Crippen LogP contribution in [0.2, 0.25) is 0 Å². The lowest BCUT2D eigenvalue weighted by Crippen LogP contribution is -2.57. The smallest absolute Gasteiger partial charge is 0.330 e. The quantitative estimate of drug-likeness (QED) is 0.633. The highest BCUT2D eigenvalue weighted by molar-refractivity contribution is 8.01. The van der Waals surface area contributed by atoms with Crippen molar-refractivity contribution in [1.29, 1.82) is 0 Å². The summed E-state index contributed by atoms with van der Waals surface area (Å²) in [7, 11) is 0. The number of hydrogen-bond acceptors (Lipinski definition) is 4. The van der Waals surface area contributed by atoms with Crippen molar-refractivity contribution < 1.29 is 15.7 Å². The van der Waals surface area contributed by atoms with E-state index in [-0.39, 0.29) is 23.9 Å². The van der Waals surface area contributed by atoms with E-state index in [1.807, 2.05) is 44.2 Å².